The highest BCUT2D eigenvalue weighted by atomic mass is 16.1. The Bertz CT molecular complexity index is 737. The highest BCUT2D eigenvalue weighted by Gasteiger charge is 2.15. The third-order valence-electron chi connectivity index (χ3n) is 3.00. The van der Waals surface area contributed by atoms with Gasteiger partial charge in [0.25, 0.3) is 5.56 Å². The predicted octanol–water partition coefficient (Wildman–Crippen LogP) is 2.22. The molecule has 0 aliphatic heterocycles. The van der Waals surface area contributed by atoms with E-state index in [1.165, 1.54) is 17.7 Å². The van der Waals surface area contributed by atoms with Crippen molar-refractivity contribution < 1.29 is 4.79 Å². The van der Waals surface area contributed by atoms with E-state index in [4.69, 9.17) is 5.26 Å². The fourth-order valence-corrected chi connectivity index (χ4v) is 1.97. The van der Waals surface area contributed by atoms with Gasteiger partial charge in [0.2, 0.25) is 0 Å². The molecule has 0 atom stereocenters. The molecule has 4 heteroatoms. The minimum atomic E-state index is -0.406. The highest BCUT2D eigenvalue weighted by molar-refractivity contribution is 5.95. The van der Waals surface area contributed by atoms with Gasteiger partial charge in [0, 0.05) is 17.4 Å². The number of nitrogens with zero attached hydrogens (tertiary/aromatic N) is 2. The Kier molecular flexibility index (Phi) is 3.30. The first kappa shape index (κ1) is 12.8. The topological polar surface area (TPSA) is 62.9 Å². The molecule has 0 bridgehead atoms. The summed E-state index contributed by atoms with van der Waals surface area (Å²) >= 11 is 0. The number of carbonyl (C=O) groups excluding carboxylic acids is 1. The summed E-state index contributed by atoms with van der Waals surface area (Å²) in [6, 6.07) is 10.8. The summed E-state index contributed by atoms with van der Waals surface area (Å²) in [6.07, 6.45) is 1.50. The molecule has 0 amide bonds. The molecular formula is C15H12N2O2. The van der Waals surface area contributed by atoms with Crippen molar-refractivity contribution in [1.82, 2.24) is 4.57 Å². The first-order valence-corrected chi connectivity index (χ1v) is 5.79. The van der Waals surface area contributed by atoms with Crippen molar-refractivity contribution in [3.8, 4) is 11.8 Å². The minimum absolute atomic E-state index is 0.0107. The van der Waals surface area contributed by atoms with Crippen LogP contribution in [0.2, 0.25) is 0 Å². The van der Waals surface area contributed by atoms with Crippen molar-refractivity contribution in [2.45, 2.75) is 13.8 Å². The Morgan fingerprint density at radius 3 is 2.42 bits per heavy atom. The summed E-state index contributed by atoms with van der Waals surface area (Å²) in [5.41, 5.74) is 1.06. The maximum absolute atomic E-state index is 12.2. The molecule has 1 aromatic heterocycles. The third kappa shape index (κ3) is 2.18. The summed E-state index contributed by atoms with van der Waals surface area (Å²) in [7, 11) is 0. The fraction of sp³-hybridized carbons (Fsp3) is 0.133. The molecule has 4 nitrogen and oxygen atoms in total. The van der Waals surface area contributed by atoms with Crippen molar-refractivity contribution in [2.75, 3.05) is 0 Å². The lowest BCUT2D eigenvalue weighted by Gasteiger charge is -2.10. The molecule has 0 spiro atoms. The van der Waals surface area contributed by atoms with E-state index in [1.807, 2.05) is 12.1 Å². The third-order valence-corrected chi connectivity index (χ3v) is 3.00. The molecule has 94 valence electrons. The van der Waals surface area contributed by atoms with Crippen LogP contribution in [-0.4, -0.2) is 10.4 Å². The molecule has 2 rings (SSSR count). The van der Waals surface area contributed by atoms with Crippen molar-refractivity contribution in [1.29, 1.82) is 5.26 Å². The Balaban J connectivity index is 2.84. The molecule has 0 aliphatic carbocycles. The van der Waals surface area contributed by atoms with Crippen LogP contribution in [0.15, 0.2) is 41.3 Å². The molecule has 1 heterocycles. The van der Waals surface area contributed by atoms with E-state index in [-0.39, 0.29) is 11.3 Å². The van der Waals surface area contributed by atoms with Gasteiger partial charge in [0.05, 0.1) is 0 Å². The summed E-state index contributed by atoms with van der Waals surface area (Å²) in [6.45, 7) is 3.04. The summed E-state index contributed by atoms with van der Waals surface area (Å²) in [4.78, 5) is 23.8. The summed E-state index contributed by atoms with van der Waals surface area (Å²) < 4.78 is 1.34. The first-order valence-electron chi connectivity index (χ1n) is 5.79. The van der Waals surface area contributed by atoms with Crippen molar-refractivity contribution in [3.05, 3.63) is 63.6 Å². The van der Waals surface area contributed by atoms with Crippen molar-refractivity contribution in [3.63, 3.8) is 0 Å². The highest BCUT2D eigenvalue weighted by Crippen LogP contribution is 2.13. The second-order valence-electron chi connectivity index (χ2n) is 4.22. The quantitative estimate of drug-likeness (QED) is 0.770. The number of ketones is 1. The molecule has 1 aromatic carbocycles. The van der Waals surface area contributed by atoms with Crippen molar-refractivity contribution >= 4 is 5.78 Å². The van der Waals surface area contributed by atoms with Crippen LogP contribution in [0.25, 0.3) is 5.69 Å². The number of Topliss-reactive ketones (excluding diaryl/α,β-unsaturated/α-hetero) is 1. The molecule has 0 radical (unpaired) electrons. The van der Waals surface area contributed by atoms with Crippen LogP contribution in [0.4, 0.5) is 0 Å². The molecule has 0 N–H and O–H groups in total. The van der Waals surface area contributed by atoms with Crippen LogP contribution in [-0.2, 0) is 0 Å². The molecular weight excluding hydrogens is 240 g/mol. The monoisotopic (exact) mass is 252 g/mol. The van der Waals surface area contributed by atoms with Crippen LogP contribution in [0.3, 0.4) is 0 Å². The lowest BCUT2D eigenvalue weighted by Crippen LogP contribution is -2.24. The summed E-state index contributed by atoms with van der Waals surface area (Å²) in [5, 5.41) is 9.10. The number of rotatable bonds is 2. The number of carbonyl (C=O) groups is 1. The number of aromatic nitrogens is 1. The van der Waals surface area contributed by atoms with Gasteiger partial charge < -0.3 is 0 Å². The van der Waals surface area contributed by atoms with Gasteiger partial charge in [-0.2, -0.15) is 5.26 Å². The van der Waals surface area contributed by atoms with Gasteiger partial charge in [0.1, 0.15) is 11.6 Å². The van der Waals surface area contributed by atoms with Crippen LogP contribution >= 0.6 is 0 Å². The molecule has 0 saturated carbocycles. The Morgan fingerprint density at radius 1 is 1.26 bits per heavy atom. The first-order chi connectivity index (χ1) is 9.06. The Morgan fingerprint density at radius 2 is 1.89 bits per heavy atom. The smallest absolute Gasteiger partial charge is 0.273 e. The zero-order valence-corrected chi connectivity index (χ0v) is 10.7. The van der Waals surface area contributed by atoms with Crippen LogP contribution < -0.4 is 5.56 Å². The molecule has 0 aliphatic rings. The number of pyridine rings is 1. The van der Waals surface area contributed by atoms with Gasteiger partial charge in [-0.25, -0.2) is 0 Å². The number of para-hydroxylation sites is 1. The van der Waals surface area contributed by atoms with E-state index in [0.29, 0.717) is 16.8 Å². The van der Waals surface area contributed by atoms with Gasteiger partial charge in [-0.1, -0.05) is 18.2 Å². The number of hydrogen-bond donors (Lipinski definition) is 0. The minimum Gasteiger partial charge on any atom is -0.294 e. The van der Waals surface area contributed by atoms with E-state index in [9.17, 15) is 9.59 Å². The van der Waals surface area contributed by atoms with Crippen molar-refractivity contribution in [2.24, 2.45) is 0 Å². The second kappa shape index (κ2) is 4.91. The lowest BCUT2D eigenvalue weighted by molar-refractivity contribution is 0.101. The Hall–Kier alpha value is -2.67. The fourth-order valence-electron chi connectivity index (χ4n) is 1.97. The van der Waals surface area contributed by atoms with E-state index >= 15 is 0 Å². The predicted molar refractivity (Wildman–Crippen MR) is 71.5 cm³/mol. The maximum atomic E-state index is 12.2. The van der Waals surface area contributed by atoms with Gasteiger partial charge >= 0.3 is 0 Å². The Labute approximate surface area is 110 Å². The largest absolute Gasteiger partial charge is 0.294 e. The van der Waals surface area contributed by atoms with Gasteiger partial charge in [-0.3, -0.25) is 14.2 Å². The average molecular weight is 252 g/mol. The van der Waals surface area contributed by atoms with E-state index in [2.05, 4.69) is 0 Å². The van der Waals surface area contributed by atoms with E-state index < -0.39 is 5.56 Å². The molecule has 0 saturated heterocycles. The number of benzene rings is 1. The average Bonchev–Trinajstić information content (AvgIpc) is 2.40. The van der Waals surface area contributed by atoms with Crippen LogP contribution in [0.1, 0.15) is 28.4 Å². The van der Waals surface area contributed by atoms with E-state index in [0.717, 1.165) is 0 Å². The molecule has 0 unspecified atom stereocenters. The molecule has 2 aromatic rings. The summed E-state index contributed by atoms with van der Waals surface area (Å²) in [5.74, 6) is -0.168. The normalized spacial score (nSPS) is 9.95. The van der Waals surface area contributed by atoms with Crippen LogP contribution in [0.5, 0.6) is 0 Å². The zero-order valence-electron chi connectivity index (χ0n) is 10.7. The lowest BCUT2D eigenvalue weighted by atomic mass is 10.0. The van der Waals surface area contributed by atoms with E-state index in [1.54, 1.807) is 31.2 Å². The zero-order chi connectivity index (χ0) is 14.0. The number of hydrogen-bond acceptors (Lipinski definition) is 3. The SMILES string of the molecule is CC(=O)c1cn(-c2ccccc2)c(=O)c(C#N)c1C. The molecule has 0 fully saturated rings. The van der Waals surface area contributed by atoms with Gasteiger partial charge in [-0.05, 0) is 31.5 Å². The molecule has 19 heavy (non-hydrogen) atoms. The second-order valence-corrected chi connectivity index (χ2v) is 4.22. The number of nitriles is 1. The van der Waals surface area contributed by atoms with Gasteiger partial charge in [0.15, 0.2) is 5.78 Å². The standard InChI is InChI=1S/C15H12N2O2/c1-10-13(8-16)15(19)17(9-14(10)11(2)18)12-6-4-3-5-7-12/h3-7,9H,1-2H3. The van der Waals surface area contributed by atoms with Crippen LogP contribution in [0, 0.1) is 18.3 Å². The maximum Gasteiger partial charge on any atom is 0.273 e. The van der Waals surface area contributed by atoms with Gasteiger partial charge in [-0.15, -0.1) is 0 Å².